The number of rotatable bonds is 10. The van der Waals surface area contributed by atoms with E-state index in [4.69, 9.17) is 4.74 Å². The number of alkyl halides is 13. The summed E-state index contributed by atoms with van der Waals surface area (Å²) in [5.41, 5.74) is -2.29. The Morgan fingerprint density at radius 1 is 0.824 bits per heavy atom. The molecule has 1 aliphatic rings. The summed E-state index contributed by atoms with van der Waals surface area (Å²) >= 11 is 0. The fourth-order valence-corrected chi connectivity index (χ4v) is 2.68. The Labute approximate surface area is 184 Å². The second-order valence-corrected chi connectivity index (χ2v) is 7.14. The van der Waals surface area contributed by atoms with Gasteiger partial charge in [0.25, 0.3) is 0 Å². The Kier molecular flexibility index (Phi) is 8.82. The third-order valence-electron chi connectivity index (χ3n) is 4.70. The van der Waals surface area contributed by atoms with Crippen LogP contribution < -0.4 is 5.32 Å². The number of ether oxygens (including phenoxy) is 1. The molecule has 0 saturated carbocycles. The van der Waals surface area contributed by atoms with E-state index < -0.39 is 73.7 Å². The summed E-state index contributed by atoms with van der Waals surface area (Å²) in [5.74, 6) is -39.4. The van der Waals surface area contributed by atoms with E-state index in [1.54, 1.807) is 6.92 Å². The molecule has 1 rings (SSSR count). The molecule has 0 radical (unpaired) electrons. The second-order valence-electron chi connectivity index (χ2n) is 7.14. The van der Waals surface area contributed by atoms with Gasteiger partial charge in [-0.1, -0.05) is 13.3 Å². The fourth-order valence-electron chi connectivity index (χ4n) is 2.68. The van der Waals surface area contributed by atoms with Crippen LogP contribution in [-0.4, -0.2) is 79.4 Å². The molecule has 1 fully saturated rings. The largest absolute Gasteiger partial charge is 0.460 e. The normalized spacial score (nSPS) is 17.7. The summed E-state index contributed by atoms with van der Waals surface area (Å²) in [5, 5.41) is 1.93. The minimum absolute atomic E-state index is 0.174. The molecular weight excluding hydrogens is 511 g/mol. The zero-order valence-corrected chi connectivity index (χ0v) is 17.2. The minimum atomic E-state index is -8.01. The van der Waals surface area contributed by atoms with Crippen LogP contribution >= 0.6 is 0 Å². The Bertz CT molecular complexity index is 744. The van der Waals surface area contributed by atoms with Gasteiger partial charge in [-0.3, -0.25) is 4.79 Å². The highest BCUT2D eigenvalue weighted by atomic mass is 19.4. The highest BCUT2D eigenvalue weighted by Crippen LogP contribution is 2.61. The van der Waals surface area contributed by atoms with Crippen molar-refractivity contribution in [2.24, 2.45) is 0 Å². The van der Waals surface area contributed by atoms with Crippen LogP contribution in [0.4, 0.5) is 57.1 Å². The molecule has 0 bridgehead atoms. The first kappa shape index (κ1) is 30.1. The van der Waals surface area contributed by atoms with E-state index in [-0.39, 0.29) is 23.9 Å². The first-order valence-electron chi connectivity index (χ1n) is 9.48. The Balaban J connectivity index is 3.58. The van der Waals surface area contributed by atoms with Gasteiger partial charge in [0.2, 0.25) is 5.91 Å². The molecule has 1 heterocycles. The minimum Gasteiger partial charge on any atom is -0.378 e. The van der Waals surface area contributed by atoms with Crippen molar-refractivity contribution in [3.05, 3.63) is 11.8 Å². The van der Waals surface area contributed by atoms with Gasteiger partial charge in [-0.2, -0.15) is 57.1 Å². The molecule has 0 aliphatic carbocycles. The number of carbonyl (C=O) groups excluding carboxylic acids is 1. The number of morpholine rings is 1. The quantitative estimate of drug-likeness (QED) is 0.249. The number of allylic oxidation sites excluding steroid dienone is 1. The molecule has 1 amide bonds. The van der Waals surface area contributed by atoms with Crippen LogP contribution in [0.15, 0.2) is 11.8 Å². The Morgan fingerprint density at radius 2 is 1.29 bits per heavy atom. The monoisotopic (exact) mass is 530 g/mol. The highest BCUT2D eigenvalue weighted by molar-refractivity contribution is 5.88. The van der Waals surface area contributed by atoms with Crippen molar-refractivity contribution in [2.75, 3.05) is 32.8 Å². The number of unbranched alkanes of at least 4 members (excludes halogenated alkanes) is 1. The number of hydrogen-bond acceptors (Lipinski definition) is 3. The lowest BCUT2D eigenvalue weighted by Crippen LogP contribution is -2.71. The lowest BCUT2D eigenvalue weighted by atomic mass is 9.91. The molecule has 0 aromatic rings. The Hall–Kier alpha value is -1.94. The molecule has 0 spiro atoms. The summed E-state index contributed by atoms with van der Waals surface area (Å²) < 4.78 is 180. The second kappa shape index (κ2) is 9.97. The maximum atomic E-state index is 14.7. The highest BCUT2D eigenvalue weighted by Gasteiger charge is 2.91. The van der Waals surface area contributed by atoms with Gasteiger partial charge in [-0.15, -0.1) is 0 Å². The van der Waals surface area contributed by atoms with Crippen LogP contribution in [0.5, 0.6) is 0 Å². The standard InChI is InChI=1S/C17H19F13N2O2/c1-2-3-4-31-11(33)9-10(32-5-7-34-8-6-32)12(18,19)13(20,21)14(22,23)15(24,25)16(26,27)17(28,29)30/h9H,2-8H2,1H3,(H,31,33)/b10-9-. The summed E-state index contributed by atoms with van der Waals surface area (Å²) in [4.78, 5) is 12.0. The van der Waals surface area contributed by atoms with Gasteiger partial charge in [0.05, 0.1) is 18.9 Å². The molecule has 200 valence electrons. The number of carbonyl (C=O) groups is 1. The number of nitrogens with one attached hydrogen (secondary N) is 1. The van der Waals surface area contributed by atoms with Crippen molar-refractivity contribution in [1.82, 2.24) is 10.2 Å². The smallest absolute Gasteiger partial charge is 0.378 e. The molecule has 4 nitrogen and oxygen atoms in total. The third kappa shape index (κ3) is 5.17. The van der Waals surface area contributed by atoms with Crippen LogP contribution in [0.1, 0.15) is 19.8 Å². The van der Waals surface area contributed by atoms with E-state index in [0.29, 0.717) is 6.42 Å². The molecule has 17 heteroatoms. The van der Waals surface area contributed by atoms with Gasteiger partial charge in [-0.05, 0) is 6.42 Å². The molecule has 0 aromatic heterocycles. The van der Waals surface area contributed by atoms with Gasteiger partial charge >= 0.3 is 35.8 Å². The number of halogens is 13. The Morgan fingerprint density at radius 3 is 1.74 bits per heavy atom. The van der Waals surface area contributed by atoms with E-state index in [9.17, 15) is 61.9 Å². The van der Waals surface area contributed by atoms with Crippen molar-refractivity contribution in [3.63, 3.8) is 0 Å². The fraction of sp³-hybridized carbons (Fsp3) is 0.824. The molecule has 0 unspecified atom stereocenters. The van der Waals surface area contributed by atoms with E-state index in [1.165, 1.54) is 0 Å². The predicted octanol–water partition coefficient (Wildman–Crippen LogP) is 4.86. The van der Waals surface area contributed by atoms with Crippen LogP contribution in [-0.2, 0) is 9.53 Å². The lowest BCUT2D eigenvalue weighted by molar-refractivity contribution is -0.437. The van der Waals surface area contributed by atoms with Gasteiger partial charge in [-0.25, -0.2) is 0 Å². The molecule has 1 saturated heterocycles. The zero-order valence-electron chi connectivity index (χ0n) is 17.2. The topological polar surface area (TPSA) is 41.6 Å². The van der Waals surface area contributed by atoms with Gasteiger partial charge in [0, 0.05) is 25.7 Å². The van der Waals surface area contributed by atoms with Crippen molar-refractivity contribution in [2.45, 2.75) is 55.6 Å². The van der Waals surface area contributed by atoms with E-state index >= 15 is 0 Å². The van der Waals surface area contributed by atoms with Gasteiger partial charge < -0.3 is 15.0 Å². The van der Waals surface area contributed by atoms with Crippen LogP contribution in [0.25, 0.3) is 0 Å². The lowest BCUT2D eigenvalue weighted by Gasteiger charge is -2.42. The van der Waals surface area contributed by atoms with E-state index in [2.05, 4.69) is 0 Å². The number of hydrogen-bond donors (Lipinski definition) is 1. The van der Waals surface area contributed by atoms with Crippen molar-refractivity contribution >= 4 is 5.91 Å². The number of amides is 1. The molecule has 34 heavy (non-hydrogen) atoms. The van der Waals surface area contributed by atoms with Crippen molar-refractivity contribution < 1.29 is 66.6 Å². The number of nitrogens with zero attached hydrogens (tertiary/aromatic N) is 1. The molecule has 1 aliphatic heterocycles. The summed E-state index contributed by atoms with van der Waals surface area (Å²) in [7, 11) is 0. The first-order valence-corrected chi connectivity index (χ1v) is 9.48. The molecule has 0 atom stereocenters. The predicted molar refractivity (Wildman–Crippen MR) is 89.2 cm³/mol. The SMILES string of the molecule is CCCCNC(=O)/C=C(\N1CCOCC1)C(F)(F)C(F)(F)C(F)(F)C(F)(F)C(F)(F)C(F)(F)F. The average Bonchev–Trinajstić information content (AvgIpc) is 2.71. The summed E-state index contributed by atoms with van der Waals surface area (Å²) in [6.07, 6.45) is -7.10. The first-order chi connectivity index (χ1) is 15.2. The zero-order chi connectivity index (χ0) is 26.8. The van der Waals surface area contributed by atoms with Crippen LogP contribution in [0.3, 0.4) is 0 Å². The molecule has 0 aromatic carbocycles. The van der Waals surface area contributed by atoms with Crippen molar-refractivity contribution in [1.29, 1.82) is 0 Å². The maximum Gasteiger partial charge on any atom is 0.460 e. The average molecular weight is 530 g/mol. The summed E-state index contributed by atoms with van der Waals surface area (Å²) in [6, 6.07) is 0. The van der Waals surface area contributed by atoms with Crippen LogP contribution in [0, 0.1) is 0 Å². The summed E-state index contributed by atoms with van der Waals surface area (Å²) in [6.45, 7) is -1.02. The third-order valence-corrected chi connectivity index (χ3v) is 4.70. The van der Waals surface area contributed by atoms with Gasteiger partial charge in [0.15, 0.2) is 0 Å². The van der Waals surface area contributed by atoms with E-state index in [0.717, 1.165) is 0 Å². The maximum absolute atomic E-state index is 14.7. The van der Waals surface area contributed by atoms with Crippen LogP contribution in [0.2, 0.25) is 0 Å². The van der Waals surface area contributed by atoms with Crippen molar-refractivity contribution in [3.8, 4) is 0 Å². The molecule has 1 N–H and O–H groups in total. The molecular formula is C17H19F13N2O2. The van der Waals surface area contributed by atoms with E-state index in [1.807, 2.05) is 5.32 Å². The van der Waals surface area contributed by atoms with Gasteiger partial charge in [0.1, 0.15) is 0 Å².